The largest absolute Gasteiger partial charge is 0.372 e. The molecule has 114 valence electrons. The Bertz CT molecular complexity index is 579. The summed E-state index contributed by atoms with van der Waals surface area (Å²) in [5.74, 6) is -0.218. The number of amides is 1. The van der Waals surface area contributed by atoms with Crippen molar-refractivity contribution in [3.8, 4) is 0 Å². The van der Waals surface area contributed by atoms with Crippen LogP contribution in [-0.4, -0.2) is 29.0 Å². The molecular weight excluding hydrogens is 274 g/mol. The first-order chi connectivity index (χ1) is 10.7. The SMILES string of the molecule is O=C(N1CCCCC1)C(O)(c1ccccc1)c1ccccc1. The van der Waals surface area contributed by atoms with Crippen molar-refractivity contribution in [1.82, 2.24) is 4.90 Å². The van der Waals surface area contributed by atoms with E-state index in [1.807, 2.05) is 60.7 Å². The van der Waals surface area contributed by atoms with E-state index in [1.165, 1.54) is 0 Å². The van der Waals surface area contributed by atoms with Crippen LogP contribution in [0.25, 0.3) is 0 Å². The molecule has 0 aliphatic carbocycles. The van der Waals surface area contributed by atoms with Gasteiger partial charge in [0.1, 0.15) is 0 Å². The van der Waals surface area contributed by atoms with Crippen molar-refractivity contribution in [2.75, 3.05) is 13.1 Å². The number of rotatable bonds is 3. The highest BCUT2D eigenvalue weighted by atomic mass is 16.3. The van der Waals surface area contributed by atoms with E-state index < -0.39 is 5.60 Å². The Morgan fingerprint density at radius 2 is 1.27 bits per heavy atom. The van der Waals surface area contributed by atoms with Crippen LogP contribution in [0, 0.1) is 0 Å². The molecule has 0 saturated carbocycles. The van der Waals surface area contributed by atoms with Crippen molar-refractivity contribution in [3.05, 3.63) is 71.8 Å². The number of nitrogens with zero attached hydrogens (tertiary/aromatic N) is 1. The van der Waals surface area contributed by atoms with E-state index in [4.69, 9.17) is 0 Å². The van der Waals surface area contributed by atoms with Gasteiger partial charge in [0.2, 0.25) is 0 Å². The molecule has 3 rings (SSSR count). The second-order valence-corrected chi connectivity index (χ2v) is 5.80. The van der Waals surface area contributed by atoms with Crippen molar-refractivity contribution in [3.63, 3.8) is 0 Å². The Kier molecular flexibility index (Phi) is 4.25. The van der Waals surface area contributed by atoms with Crippen LogP contribution < -0.4 is 0 Å². The highest BCUT2D eigenvalue weighted by Gasteiger charge is 2.42. The third kappa shape index (κ3) is 2.64. The summed E-state index contributed by atoms with van der Waals surface area (Å²) in [6, 6.07) is 18.5. The van der Waals surface area contributed by atoms with Crippen molar-refractivity contribution < 1.29 is 9.90 Å². The fourth-order valence-corrected chi connectivity index (χ4v) is 3.10. The van der Waals surface area contributed by atoms with Crippen molar-refractivity contribution in [2.24, 2.45) is 0 Å². The number of benzene rings is 2. The van der Waals surface area contributed by atoms with Crippen LogP contribution in [0.2, 0.25) is 0 Å². The van der Waals surface area contributed by atoms with Gasteiger partial charge in [-0.15, -0.1) is 0 Å². The van der Waals surface area contributed by atoms with Crippen LogP contribution in [0.5, 0.6) is 0 Å². The zero-order valence-electron chi connectivity index (χ0n) is 12.6. The molecule has 0 spiro atoms. The van der Waals surface area contributed by atoms with Gasteiger partial charge in [-0.2, -0.15) is 0 Å². The van der Waals surface area contributed by atoms with Gasteiger partial charge >= 0.3 is 0 Å². The molecule has 1 fully saturated rings. The van der Waals surface area contributed by atoms with Gasteiger partial charge < -0.3 is 10.0 Å². The summed E-state index contributed by atoms with van der Waals surface area (Å²) in [4.78, 5) is 14.9. The van der Waals surface area contributed by atoms with E-state index in [0.717, 1.165) is 32.4 Å². The molecule has 0 aromatic heterocycles. The number of hydrogen-bond acceptors (Lipinski definition) is 2. The summed E-state index contributed by atoms with van der Waals surface area (Å²) in [6.45, 7) is 1.45. The fraction of sp³-hybridized carbons (Fsp3) is 0.316. The van der Waals surface area contributed by atoms with Crippen LogP contribution in [0.1, 0.15) is 30.4 Å². The van der Waals surface area contributed by atoms with Crippen molar-refractivity contribution in [2.45, 2.75) is 24.9 Å². The van der Waals surface area contributed by atoms with E-state index in [2.05, 4.69) is 0 Å². The van der Waals surface area contributed by atoms with Gasteiger partial charge in [0.25, 0.3) is 5.91 Å². The Balaban J connectivity index is 2.05. The maximum absolute atomic E-state index is 13.1. The number of aliphatic hydroxyl groups is 1. The molecule has 1 aliphatic rings. The molecule has 1 amide bonds. The molecule has 0 radical (unpaired) electrons. The Labute approximate surface area is 131 Å². The topological polar surface area (TPSA) is 40.5 Å². The highest BCUT2D eigenvalue weighted by molar-refractivity contribution is 5.90. The molecule has 0 unspecified atom stereocenters. The van der Waals surface area contributed by atoms with Crippen LogP contribution in [-0.2, 0) is 10.4 Å². The fourth-order valence-electron chi connectivity index (χ4n) is 3.10. The second-order valence-electron chi connectivity index (χ2n) is 5.80. The van der Waals surface area contributed by atoms with Gasteiger partial charge in [-0.1, -0.05) is 60.7 Å². The molecule has 2 aromatic rings. The lowest BCUT2D eigenvalue weighted by atomic mass is 9.84. The average molecular weight is 295 g/mol. The first-order valence-electron chi connectivity index (χ1n) is 7.86. The summed E-state index contributed by atoms with van der Waals surface area (Å²) in [6.07, 6.45) is 3.16. The molecular formula is C19H21NO2. The summed E-state index contributed by atoms with van der Waals surface area (Å²) in [7, 11) is 0. The normalized spacial score (nSPS) is 15.6. The molecule has 3 nitrogen and oxygen atoms in total. The van der Waals surface area contributed by atoms with Gasteiger partial charge in [-0.05, 0) is 30.4 Å². The maximum atomic E-state index is 13.1. The first kappa shape index (κ1) is 14.8. The third-order valence-corrected chi connectivity index (χ3v) is 4.34. The summed E-state index contributed by atoms with van der Waals surface area (Å²) < 4.78 is 0. The third-order valence-electron chi connectivity index (χ3n) is 4.34. The second kappa shape index (κ2) is 6.32. The predicted molar refractivity (Wildman–Crippen MR) is 86.3 cm³/mol. The van der Waals surface area contributed by atoms with Gasteiger partial charge in [0.05, 0.1) is 0 Å². The minimum absolute atomic E-state index is 0.218. The first-order valence-corrected chi connectivity index (χ1v) is 7.86. The van der Waals surface area contributed by atoms with Gasteiger partial charge in [-0.3, -0.25) is 4.79 Å². The van der Waals surface area contributed by atoms with Gasteiger partial charge in [-0.25, -0.2) is 0 Å². The van der Waals surface area contributed by atoms with Gasteiger partial charge in [0.15, 0.2) is 5.60 Å². The lowest BCUT2D eigenvalue weighted by Crippen LogP contribution is -2.49. The maximum Gasteiger partial charge on any atom is 0.263 e. The molecule has 0 bridgehead atoms. The lowest BCUT2D eigenvalue weighted by Gasteiger charge is -2.36. The number of carbonyl (C=O) groups excluding carboxylic acids is 1. The Morgan fingerprint density at radius 1 is 0.818 bits per heavy atom. The average Bonchev–Trinajstić information content (AvgIpc) is 2.62. The zero-order valence-corrected chi connectivity index (χ0v) is 12.6. The zero-order chi connectivity index (χ0) is 15.4. The van der Waals surface area contributed by atoms with E-state index in [-0.39, 0.29) is 5.91 Å². The van der Waals surface area contributed by atoms with Crippen LogP contribution in [0.4, 0.5) is 0 Å². The number of carbonyl (C=O) groups is 1. The smallest absolute Gasteiger partial charge is 0.263 e. The van der Waals surface area contributed by atoms with E-state index in [1.54, 1.807) is 4.90 Å². The number of likely N-dealkylation sites (tertiary alicyclic amines) is 1. The lowest BCUT2D eigenvalue weighted by molar-refractivity contribution is -0.149. The molecule has 1 heterocycles. The van der Waals surface area contributed by atoms with Crippen molar-refractivity contribution >= 4 is 5.91 Å². The Morgan fingerprint density at radius 3 is 1.73 bits per heavy atom. The molecule has 22 heavy (non-hydrogen) atoms. The Hall–Kier alpha value is -2.13. The molecule has 0 atom stereocenters. The number of piperidine rings is 1. The monoisotopic (exact) mass is 295 g/mol. The number of hydrogen-bond donors (Lipinski definition) is 1. The molecule has 1 N–H and O–H groups in total. The molecule has 1 aliphatic heterocycles. The summed E-state index contributed by atoms with van der Waals surface area (Å²) in [5.41, 5.74) is -0.367. The van der Waals surface area contributed by atoms with Gasteiger partial charge in [0, 0.05) is 13.1 Å². The molecule has 2 aromatic carbocycles. The van der Waals surface area contributed by atoms with Crippen LogP contribution in [0.15, 0.2) is 60.7 Å². The van der Waals surface area contributed by atoms with E-state index in [0.29, 0.717) is 11.1 Å². The molecule has 1 saturated heterocycles. The van der Waals surface area contributed by atoms with Crippen LogP contribution >= 0.6 is 0 Å². The summed E-state index contributed by atoms with van der Waals surface area (Å²) in [5, 5.41) is 11.4. The highest BCUT2D eigenvalue weighted by Crippen LogP contribution is 2.32. The standard InChI is InChI=1S/C19H21NO2/c21-18(20-14-8-3-9-15-20)19(22,16-10-4-1-5-11-16)17-12-6-2-7-13-17/h1-2,4-7,10-13,22H,3,8-9,14-15H2. The van der Waals surface area contributed by atoms with Crippen molar-refractivity contribution in [1.29, 1.82) is 0 Å². The minimum atomic E-state index is -1.61. The quantitative estimate of drug-likeness (QED) is 0.946. The van der Waals surface area contributed by atoms with Crippen LogP contribution in [0.3, 0.4) is 0 Å². The summed E-state index contributed by atoms with van der Waals surface area (Å²) >= 11 is 0. The predicted octanol–water partition coefficient (Wildman–Crippen LogP) is 2.94. The van der Waals surface area contributed by atoms with E-state index >= 15 is 0 Å². The molecule has 3 heteroatoms. The van der Waals surface area contributed by atoms with E-state index in [9.17, 15) is 9.90 Å². The minimum Gasteiger partial charge on any atom is -0.372 e.